The summed E-state index contributed by atoms with van der Waals surface area (Å²) < 4.78 is 24.8. The van der Waals surface area contributed by atoms with E-state index in [1.165, 1.54) is 0 Å². The van der Waals surface area contributed by atoms with Gasteiger partial charge in [-0.3, -0.25) is 14.3 Å². The smallest absolute Gasteiger partial charge is 0.231 e. The summed E-state index contributed by atoms with van der Waals surface area (Å²) in [5.74, 6) is 0.189. The van der Waals surface area contributed by atoms with E-state index < -0.39 is 10.0 Å². The molecule has 10 heteroatoms. The van der Waals surface area contributed by atoms with Gasteiger partial charge in [0, 0.05) is 17.8 Å². The number of rotatable bonds is 6. The van der Waals surface area contributed by atoms with E-state index in [2.05, 4.69) is 32.5 Å². The fraction of sp³-hybridized carbons (Fsp3) is 0.588. The summed E-state index contributed by atoms with van der Waals surface area (Å²) in [4.78, 5) is 28.5. The maximum Gasteiger partial charge on any atom is 0.231 e. The summed E-state index contributed by atoms with van der Waals surface area (Å²) in [6.45, 7) is 0. The fourth-order valence-corrected chi connectivity index (χ4v) is 5.16. The third kappa shape index (κ3) is 5.77. The van der Waals surface area contributed by atoms with Crippen LogP contribution in [0.25, 0.3) is 0 Å². The number of thiazole rings is 1. The van der Waals surface area contributed by atoms with Crippen molar-refractivity contribution in [3.63, 3.8) is 0 Å². The third-order valence-electron chi connectivity index (χ3n) is 4.77. The molecule has 0 saturated carbocycles. The van der Waals surface area contributed by atoms with Crippen LogP contribution in [0.3, 0.4) is 0 Å². The number of allylic oxidation sites excluding steroid dienone is 2. The Morgan fingerprint density at radius 3 is 2.89 bits per heavy atom. The van der Waals surface area contributed by atoms with Gasteiger partial charge in [0.2, 0.25) is 21.8 Å². The Morgan fingerprint density at radius 1 is 1.37 bits per heavy atom. The highest BCUT2D eigenvalue weighted by Gasteiger charge is 2.35. The number of anilines is 1. The van der Waals surface area contributed by atoms with Gasteiger partial charge in [0.25, 0.3) is 0 Å². The maximum atomic E-state index is 12.5. The van der Waals surface area contributed by atoms with E-state index in [-0.39, 0.29) is 35.5 Å². The molecule has 3 N–H and O–H groups in total. The summed E-state index contributed by atoms with van der Waals surface area (Å²) in [6.07, 6.45) is 9.35. The molecule has 148 valence electrons. The van der Waals surface area contributed by atoms with E-state index >= 15 is 0 Å². The van der Waals surface area contributed by atoms with E-state index in [9.17, 15) is 18.0 Å². The van der Waals surface area contributed by atoms with Gasteiger partial charge < -0.3 is 10.6 Å². The van der Waals surface area contributed by atoms with E-state index in [0.29, 0.717) is 24.5 Å². The molecule has 1 fully saturated rings. The Balaban J connectivity index is 1.60. The van der Waals surface area contributed by atoms with E-state index in [4.69, 9.17) is 0 Å². The van der Waals surface area contributed by atoms with E-state index in [1.807, 2.05) is 0 Å². The van der Waals surface area contributed by atoms with Gasteiger partial charge in [-0.2, -0.15) is 0 Å². The molecule has 3 atom stereocenters. The highest BCUT2D eigenvalue weighted by atomic mass is 32.2. The van der Waals surface area contributed by atoms with Crippen LogP contribution in [0.2, 0.25) is 0 Å². The summed E-state index contributed by atoms with van der Waals surface area (Å²) >= 11 is 1.14. The molecule has 0 spiro atoms. The number of amides is 2. The molecule has 0 aromatic carbocycles. The van der Waals surface area contributed by atoms with Crippen molar-refractivity contribution in [1.82, 2.24) is 15.6 Å². The Kier molecular flexibility index (Phi) is 6.15. The van der Waals surface area contributed by atoms with Crippen LogP contribution in [-0.2, 0) is 26.0 Å². The first-order chi connectivity index (χ1) is 12.8. The van der Waals surface area contributed by atoms with Gasteiger partial charge >= 0.3 is 0 Å². The zero-order chi connectivity index (χ0) is 19.4. The summed E-state index contributed by atoms with van der Waals surface area (Å²) in [5, 5.41) is 8.01. The number of aromatic nitrogens is 1. The van der Waals surface area contributed by atoms with Gasteiger partial charge in [0.05, 0.1) is 24.4 Å². The zero-order valence-corrected chi connectivity index (χ0v) is 16.7. The molecule has 1 aromatic heterocycles. The normalized spacial score (nSPS) is 25.7. The Bertz CT molecular complexity index is 834. The van der Waals surface area contributed by atoms with Crippen molar-refractivity contribution >= 4 is 38.3 Å². The molecule has 27 heavy (non-hydrogen) atoms. The van der Waals surface area contributed by atoms with Gasteiger partial charge in [-0.1, -0.05) is 12.2 Å². The lowest BCUT2D eigenvalue weighted by Crippen LogP contribution is -2.58. The minimum absolute atomic E-state index is 0.0380. The Hall–Kier alpha value is -1.94. The summed E-state index contributed by atoms with van der Waals surface area (Å²) in [6, 6.07) is -0.156. The van der Waals surface area contributed by atoms with Gasteiger partial charge in [-0.15, -0.1) is 11.3 Å². The molecule has 1 aliphatic carbocycles. The predicted molar refractivity (Wildman–Crippen MR) is 104 cm³/mol. The monoisotopic (exact) mass is 412 g/mol. The highest BCUT2D eigenvalue weighted by Crippen LogP contribution is 2.27. The number of piperidine rings is 1. The number of sulfonamides is 1. The standard InChI is InChI=1S/C17H24N4O4S2/c1-27(24,25)21-17-18-12(10-26-17)9-15(23)19-13-7-8-14(22)20-16(13)11-5-3-2-4-6-11/h2-3,10-11,13,16H,4-9H2,1H3,(H,18,21)(H,19,23)(H,20,22)/t11-,13-,16+/m1/s1. The quantitative estimate of drug-likeness (QED) is 0.607. The number of carbonyl (C=O) groups excluding carboxylic acids is 2. The van der Waals surface area contributed by atoms with Crippen LogP contribution in [-0.4, -0.2) is 43.6 Å². The number of carbonyl (C=O) groups is 2. The fourth-order valence-electron chi connectivity index (χ4n) is 3.59. The minimum Gasteiger partial charge on any atom is -0.351 e. The average Bonchev–Trinajstić information content (AvgIpc) is 3.02. The van der Waals surface area contributed by atoms with Gasteiger partial charge in [0.15, 0.2) is 5.13 Å². The van der Waals surface area contributed by atoms with Crippen molar-refractivity contribution in [3.8, 4) is 0 Å². The predicted octanol–water partition coefficient (Wildman–Crippen LogP) is 1.18. The lowest BCUT2D eigenvalue weighted by molar-refractivity contribution is -0.127. The molecule has 1 aromatic rings. The number of nitrogens with one attached hydrogen (secondary N) is 3. The molecule has 1 aliphatic heterocycles. The van der Waals surface area contributed by atoms with E-state index in [0.717, 1.165) is 36.9 Å². The second-order valence-corrected chi connectivity index (χ2v) is 9.65. The largest absolute Gasteiger partial charge is 0.351 e. The van der Waals surface area contributed by atoms with Crippen LogP contribution in [0.5, 0.6) is 0 Å². The van der Waals surface area contributed by atoms with Crippen molar-refractivity contribution in [3.05, 3.63) is 23.2 Å². The van der Waals surface area contributed by atoms with Gasteiger partial charge in [-0.25, -0.2) is 13.4 Å². The number of hydrogen-bond acceptors (Lipinski definition) is 6. The summed E-state index contributed by atoms with van der Waals surface area (Å²) in [5.41, 5.74) is 0.514. The topological polar surface area (TPSA) is 117 Å². The summed E-state index contributed by atoms with van der Waals surface area (Å²) in [7, 11) is -3.39. The second kappa shape index (κ2) is 8.39. The molecule has 2 aliphatic rings. The zero-order valence-electron chi connectivity index (χ0n) is 15.1. The van der Waals surface area contributed by atoms with Crippen molar-refractivity contribution in [2.24, 2.45) is 5.92 Å². The molecule has 3 rings (SSSR count). The van der Waals surface area contributed by atoms with Crippen LogP contribution in [0.1, 0.15) is 37.8 Å². The first-order valence-electron chi connectivity index (χ1n) is 8.96. The number of nitrogens with zero attached hydrogens (tertiary/aromatic N) is 1. The van der Waals surface area contributed by atoms with Crippen LogP contribution >= 0.6 is 11.3 Å². The van der Waals surface area contributed by atoms with Crippen molar-refractivity contribution in [2.45, 2.75) is 50.6 Å². The van der Waals surface area contributed by atoms with Crippen LogP contribution in [0.15, 0.2) is 17.5 Å². The van der Waals surface area contributed by atoms with Crippen LogP contribution < -0.4 is 15.4 Å². The molecule has 0 unspecified atom stereocenters. The maximum absolute atomic E-state index is 12.5. The molecular formula is C17H24N4O4S2. The van der Waals surface area contributed by atoms with Crippen molar-refractivity contribution in [1.29, 1.82) is 0 Å². The lowest BCUT2D eigenvalue weighted by Gasteiger charge is -2.38. The third-order valence-corrected chi connectivity index (χ3v) is 6.27. The average molecular weight is 413 g/mol. The highest BCUT2D eigenvalue weighted by molar-refractivity contribution is 7.92. The van der Waals surface area contributed by atoms with Crippen LogP contribution in [0.4, 0.5) is 5.13 Å². The van der Waals surface area contributed by atoms with E-state index in [1.54, 1.807) is 5.38 Å². The number of hydrogen-bond donors (Lipinski definition) is 3. The molecule has 0 radical (unpaired) electrons. The molecule has 2 heterocycles. The first-order valence-corrected chi connectivity index (χ1v) is 11.7. The first kappa shape index (κ1) is 19.8. The van der Waals surface area contributed by atoms with Crippen molar-refractivity contribution < 1.29 is 18.0 Å². The van der Waals surface area contributed by atoms with Gasteiger partial charge in [-0.05, 0) is 31.6 Å². The molecule has 8 nitrogen and oxygen atoms in total. The van der Waals surface area contributed by atoms with Crippen molar-refractivity contribution in [2.75, 3.05) is 11.0 Å². The molecular weight excluding hydrogens is 388 g/mol. The minimum atomic E-state index is -3.39. The Labute approximate surface area is 162 Å². The molecule has 0 bridgehead atoms. The van der Waals surface area contributed by atoms with Crippen LogP contribution in [0, 0.1) is 5.92 Å². The molecule has 2 amide bonds. The lowest BCUT2D eigenvalue weighted by atomic mass is 9.81. The SMILES string of the molecule is CS(=O)(=O)Nc1nc(CC(=O)N[C@@H]2CCC(=O)N[C@H]2[C@@H]2CC=CCC2)cs1. The molecule has 1 saturated heterocycles. The second-order valence-electron chi connectivity index (χ2n) is 7.05. The Morgan fingerprint density at radius 2 is 2.19 bits per heavy atom. The van der Waals surface area contributed by atoms with Gasteiger partial charge in [0.1, 0.15) is 0 Å².